The SMILES string of the molecule is CCCC(C)C=CC(C)CCC. The first-order valence-corrected chi connectivity index (χ1v) is 5.39. The zero-order valence-electron chi connectivity index (χ0n) is 9.14. The first-order valence-electron chi connectivity index (χ1n) is 5.39. The Hall–Kier alpha value is -0.260. The first-order chi connectivity index (χ1) is 5.70. The van der Waals surface area contributed by atoms with Gasteiger partial charge in [0.05, 0.1) is 0 Å². The van der Waals surface area contributed by atoms with Gasteiger partial charge in [0.1, 0.15) is 0 Å². The Balaban J connectivity index is 3.57. The van der Waals surface area contributed by atoms with Gasteiger partial charge in [-0.1, -0.05) is 52.7 Å². The minimum absolute atomic E-state index is 0.773. The van der Waals surface area contributed by atoms with Crippen LogP contribution in [0.25, 0.3) is 0 Å². The maximum absolute atomic E-state index is 2.38. The fourth-order valence-corrected chi connectivity index (χ4v) is 1.48. The number of hydrogen-bond acceptors (Lipinski definition) is 0. The van der Waals surface area contributed by atoms with E-state index in [1.54, 1.807) is 0 Å². The number of hydrogen-bond donors (Lipinski definition) is 0. The molecule has 0 heteroatoms. The molecule has 0 amide bonds. The monoisotopic (exact) mass is 168 g/mol. The molecule has 0 bridgehead atoms. The Labute approximate surface area is 78.1 Å². The summed E-state index contributed by atoms with van der Waals surface area (Å²) >= 11 is 0. The molecule has 0 aromatic rings. The second kappa shape index (κ2) is 7.39. The second-order valence-electron chi connectivity index (χ2n) is 3.92. The highest BCUT2D eigenvalue weighted by atomic mass is 14.0. The first kappa shape index (κ1) is 11.7. The average molecular weight is 168 g/mol. The van der Waals surface area contributed by atoms with Gasteiger partial charge in [0, 0.05) is 0 Å². The molecule has 0 aromatic heterocycles. The third-order valence-corrected chi connectivity index (χ3v) is 2.26. The van der Waals surface area contributed by atoms with Crippen LogP contribution in [0.5, 0.6) is 0 Å². The van der Waals surface area contributed by atoms with Crippen molar-refractivity contribution in [1.29, 1.82) is 0 Å². The molecular weight excluding hydrogens is 144 g/mol. The summed E-state index contributed by atoms with van der Waals surface area (Å²) in [5.74, 6) is 1.55. The van der Waals surface area contributed by atoms with E-state index < -0.39 is 0 Å². The summed E-state index contributed by atoms with van der Waals surface area (Å²) in [4.78, 5) is 0. The zero-order valence-corrected chi connectivity index (χ0v) is 9.14. The molecule has 0 saturated carbocycles. The van der Waals surface area contributed by atoms with E-state index in [0.717, 1.165) is 11.8 Å². The van der Waals surface area contributed by atoms with Crippen molar-refractivity contribution in [2.45, 2.75) is 53.4 Å². The lowest BCUT2D eigenvalue weighted by Crippen LogP contribution is -1.92. The van der Waals surface area contributed by atoms with Gasteiger partial charge in [0.25, 0.3) is 0 Å². The van der Waals surface area contributed by atoms with Crippen molar-refractivity contribution in [1.82, 2.24) is 0 Å². The van der Waals surface area contributed by atoms with Gasteiger partial charge < -0.3 is 0 Å². The molecule has 0 aromatic carbocycles. The van der Waals surface area contributed by atoms with Crippen molar-refractivity contribution in [3.63, 3.8) is 0 Å². The van der Waals surface area contributed by atoms with E-state index in [0.29, 0.717) is 0 Å². The molecule has 0 rings (SSSR count). The van der Waals surface area contributed by atoms with Crippen LogP contribution in [0.2, 0.25) is 0 Å². The van der Waals surface area contributed by atoms with Crippen LogP contribution in [-0.2, 0) is 0 Å². The molecule has 0 nitrogen and oxygen atoms in total. The molecule has 0 aliphatic carbocycles. The fourth-order valence-electron chi connectivity index (χ4n) is 1.48. The van der Waals surface area contributed by atoms with Gasteiger partial charge in [-0.25, -0.2) is 0 Å². The van der Waals surface area contributed by atoms with Crippen LogP contribution in [0.1, 0.15) is 53.4 Å². The second-order valence-corrected chi connectivity index (χ2v) is 3.92. The molecule has 0 saturated heterocycles. The average Bonchev–Trinajstić information content (AvgIpc) is 2.02. The van der Waals surface area contributed by atoms with Crippen LogP contribution < -0.4 is 0 Å². The molecule has 0 aliphatic rings. The fraction of sp³-hybridized carbons (Fsp3) is 0.833. The van der Waals surface area contributed by atoms with E-state index >= 15 is 0 Å². The molecule has 0 spiro atoms. The standard InChI is InChI=1S/C12H24/c1-5-7-11(3)9-10-12(4)8-6-2/h9-12H,5-8H2,1-4H3. The van der Waals surface area contributed by atoms with Gasteiger partial charge in [-0.2, -0.15) is 0 Å². The predicted molar refractivity (Wildman–Crippen MR) is 57.3 cm³/mol. The molecular formula is C12H24. The van der Waals surface area contributed by atoms with Crippen LogP contribution in [0.15, 0.2) is 12.2 Å². The summed E-state index contributed by atoms with van der Waals surface area (Å²) in [6, 6.07) is 0. The van der Waals surface area contributed by atoms with E-state index in [9.17, 15) is 0 Å². The van der Waals surface area contributed by atoms with Gasteiger partial charge in [0.2, 0.25) is 0 Å². The largest absolute Gasteiger partial charge is 0.0854 e. The Morgan fingerprint density at radius 1 is 0.833 bits per heavy atom. The zero-order chi connectivity index (χ0) is 9.40. The topological polar surface area (TPSA) is 0 Å². The molecule has 0 aliphatic heterocycles. The summed E-state index contributed by atoms with van der Waals surface area (Å²) in [7, 11) is 0. The van der Waals surface area contributed by atoms with E-state index in [1.807, 2.05) is 0 Å². The van der Waals surface area contributed by atoms with Gasteiger partial charge in [-0.05, 0) is 24.7 Å². The highest BCUT2D eigenvalue weighted by Gasteiger charge is 1.97. The number of rotatable bonds is 6. The van der Waals surface area contributed by atoms with Crippen molar-refractivity contribution in [2.75, 3.05) is 0 Å². The summed E-state index contributed by atoms with van der Waals surface area (Å²) < 4.78 is 0. The minimum Gasteiger partial charge on any atom is -0.0854 e. The molecule has 0 N–H and O–H groups in total. The molecule has 0 fully saturated rings. The molecule has 72 valence electrons. The molecule has 0 heterocycles. The third-order valence-electron chi connectivity index (χ3n) is 2.26. The van der Waals surface area contributed by atoms with Crippen LogP contribution in [0.4, 0.5) is 0 Å². The lowest BCUT2D eigenvalue weighted by molar-refractivity contribution is 0.603. The molecule has 2 unspecified atom stereocenters. The van der Waals surface area contributed by atoms with Gasteiger partial charge in [0.15, 0.2) is 0 Å². The molecule has 0 radical (unpaired) electrons. The van der Waals surface area contributed by atoms with E-state index in [2.05, 4.69) is 39.8 Å². The van der Waals surface area contributed by atoms with Crippen LogP contribution in [0, 0.1) is 11.8 Å². The Morgan fingerprint density at radius 2 is 1.17 bits per heavy atom. The van der Waals surface area contributed by atoms with Gasteiger partial charge >= 0.3 is 0 Å². The van der Waals surface area contributed by atoms with E-state index in [4.69, 9.17) is 0 Å². The lowest BCUT2D eigenvalue weighted by Gasteiger charge is -2.06. The predicted octanol–water partition coefficient (Wildman–Crippen LogP) is 4.42. The smallest absolute Gasteiger partial charge is 0.0262 e. The third kappa shape index (κ3) is 6.45. The van der Waals surface area contributed by atoms with Gasteiger partial charge in [-0.15, -0.1) is 0 Å². The Morgan fingerprint density at radius 3 is 1.42 bits per heavy atom. The Bertz CT molecular complexity index is 99.2. The van der Waals surface area contributed by atoms with Crippen LogP contribution >= 0.6 is 0 Å². The Kier molecular flexibility index (Phi) is 7.23. The van der Waals surface area contributed by atoms with Crippen molar-refractivity contribution in [2.24, 2.45) is 11.8 Å². The molecule has 2 atom stereocenters. The summed E-state index contributed by atoms with van der Waals surface area (Å²) in [6.45, 7) is 9.11. The van der Waals surface area contributed by atoms with Crippen molar-refractivity contribution in [3.8, 4) is 0 Å². The highest BCUT2D eigenvalue weighted by molar-refractivity contribution is 4.89. The van der Waals surface area contributed by atoms with E-state index in [1.165, 1.54) is 25.7 Å². The normalized spacial score (nSPS) is 16.7. The molecule has 12 heavy (non-hydrogen) atoms. The summed E-state index contributed by atoms with van der Waals surface area (Å²) in [5.41, 5.74) is 0. The summed E-state index contributed by atoms with van der Waals surface area (Å²) in [5, 5.41) is 0. The highest BCUT2D eigenvalue weighted by Crippen LogP contribution is 2.11. The van der Waals surface area contributed by atoms with E-state index in [-0.39, 0.29) is 0 Å². The number of allylic oxidation sites excluding steroid dienone is 2. The maximum Gasteiger partial charge on any atom is -0.0262 e. The lowest BCUT2D eigenvalue weighted by atomic mass is 10.0. The van der Waals surface area contributed by atoms with Crippen molar-refractivity contribution >= 4 is 0 Å². The minimum atomic E-state index is 0.773. The van der Waals surface area contributed by atoms with Crippen LogP contribution in [-0.4, -0.2) is 0 Å². The quantitative estimate of drug-likeness (QED) is 0.515. The van der Waals surface area contributed by atoms with Crippen molar-refractivity contribution in [3.05, 3.63) is 12.2 Å². The maximum atomic E-state index is 2.38. The van der Waals surface area contributed by atoms with Crippen molar-refractivity contribution < 1.29 is 0 Å². The van der Waals surface area contributed by atoms with Gasteiger partial charge in [-0.3, -0.25) is 0 Å². The summed E-state index contributed by atoms with van der Waals surface area (Å²) in [6.07, 6.45) is 10.0. The van der Waals surface area contributed by atoms with Crippen LogP contribution in [0.3, 0.4) is 0 Å².